The maximum atomic E-state index is 8.88. The minimum atomic E-state index is -4.64. The van der Waals surface area contributed by atoms with Crippen LogP contribution in [-0.4, -0.2) is 63.4 Å². The summed E-state index contributed by atoms with van der Waals surface area (Å²) < 4.78 is 8.88. The van der Waals surface area contributed by atoms with Crippen LogP contribution < -0.4 is 0 Å². The summed E-state index contributed by atoms with van der Waals surface area (Å²) in [6, 6.07) is 0. The molecule has 0 saturated heterocycles. The SMILES string of the molecule is O=P(O)(O)O.[Ca+2].[H-].[H-].[Si]. The van der Waals surface area contributed by atoms with E-state index in [2.05, 4.69) is 0 Å². The monoisotopic (exact) mass is 168 g/mol. The topological polar surface area (TPSA) is 77.8 Å². The summed E-state index contributed by atoms with van der Waals surface area (Å²) >= 11 is 0. The van der Waals surface area contributed by atoms with Crippen LogP contribution in [0.4, 0.5) is 0 Å². The Morgan fingerprint density at radius 1 is 1.29 bits per heavy atom. The van der Waals surface area contributed by atoms with Crippen LogP contribution in [-0.2, 0) is 4.57 Å². The van der Waals surface area contributed by atoms with Crippen molar-refractivity contribution >= 4 is 56.5 Å². The molecule has 3 N–H and O–H groups in total. The van der Waals surface area contributed by atoms with Crippen LogP contribution in [0.25, 0.3) is 0 Å². The van der Waals surface area contributed by atoms with Crippen LogP contribution in [0, 0.1) is 0 Å². The van der Waals surface area contributed by atoms with Crippen molar-refractivity contribution in [3.05, 3.63) is 0 Å². The molecule has 0 aromatic heterocycles. The molecule has 0 aromatic rings. The zero-order valence-electron chi connectivity index (χ0n) is 5.40. The fraction of sp³-hybridized carbons (Fsp3) is 0. The smallest absolute Gasteiger partial charge is 1.00 e. The van der Waals surface area contributed by atoms with Crippen molar-refractivity contribution < 1.29 is 22.1 Å². The molecule has 0 amide bonds. The molecule has 7 heteroatoms. The summed E-state index contributed by atoms with van der Waals surface area (Å²) in [5, 5.41) is 0. The van der Waals surface area contributed by atoms with Gasteiger partial charge in [-0.2, -0.15) is 0 Å². The second-order valence-electron chi connectivity index (χ2n) is 0.513. The van der Waals surface area contributed by atoms with Gasteiger partial charge in [-0.05, 0) is 0 Å². The summed E-state index contributed by atoms with van der Waals surface area (Å²) in [4.78, 5) is 21.6. The first-order chi connectivity index (χ1) is 2.00. The van der Waals surface area contributed by atoms with Gasteiger partial charge in [0.05, 0.1) is 0 Å². The predicted molar refractivity (Wildman–Crippen MR) is 28.0 cm³/mol. The average molecular weight is 168 g/mol. The van der Waals surface area contributed by atoms with E-state index in [-0.39, 0.29) is 51.6 Å². The number of rotatable bonds is 0. The van der Waals surface area contributed by atoms with Crippen LogP contribution in [0.3, 0.4) is 0 Å². The van der Waals surface area contributed by atoms with Gasteiger partial charge in [0.25, 0.3) is 0 Å². The van der Waals surface area contributed by atoms with Gasteiger partial charge in [-0.3, -0.25) is 0 Å². The Balaban J connectivity index is -0.0000000133. The van der Waals surface area contributed by atoms with Crippen molar-refractivity contribution in [3.8, 4) is 0 Å². The molecule has 0 rings (SSSR count). The van der Waals surface area contributed by atoms with Gasteiger partial charge < -0.3 is 17.5 Å². The molecule has 7 heavy (non-hydrogen) atoms. The maximum Gasteiger partial charge on any atom is 2.00 e. The quantitative estimate of drug-likeness (QED) is 0.305. The summed E-state index contributed by atoms with van der Waals surface area (Å²) in [6.07, 6.45) is 0. The largest absolute Gasteiger partial charge is 2.00 e. The van der Waals surface area contributed by atoms with Crippen LogP contribution in [0.2, 0.25) is 0 Å². The summed E-state index contributed by atoms with van der Waals surface area (Å²) in [5.74, 6) is 0. The van der Waals surface area contributed by atoms with E-state index < -0.39 is 7.82 Å². The number of hydrogen-bond acceptors (Lipinski definition) is 1. The molecular formula is H5CaO4PSi. The van der Waals surface area contributed by atoms with E-state index in [0.717, 1.165) is 0 Å². The number of hydrogen-bond donors (Lipinski definition) is 3. The van der Waals surface area contributed by atoms with E-state index in [9.17, 15) is 0 Å². The molecule has 0 spiro atoms. The third kappa shape index (κ3) is 94.1. The van der Waals surface area contributed by atoms with Gasteiger partial charge in [0.2, 0.25) is 0 Å². The fourth-order valence-electron chi connectivity index (χ4n) is 0. The van der Waals surface area contributed by atoms with Gasteiger partial charge in [-0.25, -0.2) is 4.57 Å². The van der Waals surface area contributed by atoms with Crippen LogP contribution >= 0.6 is 7.82 Å². The van der Waals surface area contributed by atoms with Gasteiger partial charge >= 0.3 is 45.6 Å². The van der Waals surface area contributed by atoms with Crippen molar-refractivity contribution in [1.29, 1.82) is 0 Å². The molecule has 0 aliphatic carbocycles. The zero-order valence-corrected chi connectivity index (χ0v) is 7.51. The Bertz CT molecular complexity index is 64.7. The van der Waals surface area contributed by atoms with Crippen molar-refractivity contribution in [1.82, 2.24) is 0 Å². The Morgan fingerprint density at radius 3 is 1.29 bits per heavy atom. The molecule has 0 fully saturated rings. The first-order valence-corrected chi connectivity index (χ1v) is 2.35. The second-order valence-corrected chi connectivity index (χ2v) is 1.54. The molecule has 0 aliphatic rings. The molecule has 0 bridgehead atoms. The molecule has 0 saturated carbocycles. The van der Waals surface area contributed by atoms with E-state index in [1.54, 1.807) is 0 Å². The van der Waals surface area contributed by atoms with E-state index in [4.69, 9.17) is 19.2 Å². The summed E-state index contributed by atoms with van der Waals surface area (Å²) in [5.41, 5.74) is 0. The molecule has 0 aromatic carbocycles. The Labute approximate surface area is 78.2 Å². The third-order valence-electron chi connectivity index (χ3n) is 0. The van der Waals surface area contributed by atoms with Gasteiger partial charge in [0.1, 0.15) is 0 Å². The Kier molecular flexibility index (Phi) is 12.9. The standard InChI is InChI=1S/Ca.H3O4P.Si.2H/c;1-5(2,3)4;;;/h;(H3,1,2,3,4);;;/q+2;;;2*-1. The Morgan fingerprint density at radius 2 is 1.29 bits per heavy atom. The zero-order chi connectivity index (χ0) is 4.50. The van der Waals surface area contributed by atoms with Crippen LogP contribution in [0.1, 0.15) is 2.85 Å². The van der Waals surface area contributed by atoms with E-state index in [1.165, 1.54) is 0 Å². The number of phosphoric acid groups is 1. The summed E-state index contributed by atoms with van der Waals surface area (Å²) in [7, 11) is -4.64. The molecule has 40 valence electrons. The van der Waals surface area contributed by atoms with Gasteiger partial charge in [0, 0.05) is 11.0 Å². The Hall–Kier alpha value is 1.59. The normalized spacial score (nSPS) is 8.43. The van der Waals surface area contributed by atoms with E-state index in [0.29, 0.717) is 0 Å². The van der Waals surface area contributed by atoms with Gasteiger partial charge in [-0.15, -0.1) is 0 Å². The summed E-state index contributed by atoms with van der Waals surface area (Å²) in [6.45, 7) is 0. The molecule has 0 unspecified atom stereocenters. The minimum Gasteiger partial charge on any atom is -1.00 e. The fourth-order valence-corrected chi connectivity index (χ4v) is 0. The average Bonchev–Trinajstić information content (AvgIpc) is 0.722. The molecular weight excluding hydrogens is 163 g/mol. The molecule has 0 aliphatic heterocycles. The molecule has 0 heterocycles. The molecule has 0 atom stereocenters. The maximum absolute atomic E-state index is 8.88. The minimum absolute atomic E-state index is 0. The molecule has 4 nitrogen and oxygen atoms in total. The van der Waals surface area contributed by atoms with Crippen molar-refractivity contribution in [3.63, 3.8) is 0 Å². The van der Waals surface area contributed by atoms with Crippen LogP contribution in [0.15, 0.2) is 0 Å². The van der Waals surface area contributed by atoms with Crippen molar-refractivity contribution in [2.24, 2.45) is 0 Å². The van der Waals surface area contributed by atoms with Crippen molar-refractivity contribution in [2.75, 3.05) is 0 Å². The van der Waals surface area contributed by atoms with Crippen molar-refractivity contribution in [2.45, 2.75) is 0 Å². The second kappa shape index (κ2) is 5.72. The van der Waals surface area contributed by atoms with E-state index in [1.807, 2.05) is 0 Å². The van der Waals surface area contributed by atoms with E-state index >= 15 is 0 Å². The first-order valence-electron chi connectivity index (χ1n) is 0.783. The molecule has 4 radical (unpaired) electrons. The van der Waals surface area contributed by atoms with Gasteiger partial charge in [-0.1, -0.05) is 0 Å². The van der Waals surface area contributed by atoms with Crippen LogP contribution in [0.5, 0.6) is 0 Å². The van der Waals surface area contributed by atoms with Gasteiger partial charge in [0.15, 0.2) is 0 Å². The first kappa shape index (κ1) is 15.8. The third-order valence-corrected chi connectivity index (χ3v) is 0. The predicted octanol–water partition coefficient (Wildman–Crippen LogP) is -1.47.